The molecule has 1 aliphatic heterocycles. The second-order valence-corrected chi connectivity index (χ2v) is 4.88. The van der Waals surface area contributed by atoms with Crippen LogP contribution in [0.1, 0.15) is 17.7 Å². The van der Waals surface area contributed by atoms with Crippen molar-refractivity contribution in [3.8, 4) is 0 Å². The molecule has 2 heterocycles. The number of rotatable bonds is 1. The van der Waals surface area contributed by atoms with Crippen molar-refractivity contribution in [2.45, 2.75) is 13.3 Å². The number of H-pyrrole nitrogens is 1. The molecule has 0 radical (unpaired) electrons. The summed E-state index contributed by atoms with van der Waals surface area (Å²) in [5.74, 6) is 0. The number of aromatic nitrogens is 2. The molecular formula is C14H17N3. The lowest BCUT2D eigenvalue weighted by Crippen LogP contribution is -2.25. The van der Waals surface area contributed by atoms with Gasteiger partial charge in [-0.25, -0.2) is 0 Å². The molecular weight excluding hydrogens is 210 g/mol. The van der Waals surface area contributed by atoms with Crippen LogP contribution in [0, 0.1) is 6.92 Å². The Bertz CT molecular complexity index is 580. The number of fused-ring (bicyclic) bond motifs is 1. The smallest absolute Gasteiger partial charge is 0.0968 e. The Kier molecular flexibility index (Phi) is 2.48. The van der Waals surface area contributed by atoms with Crippen LogP contribution in [0.2, 0.25) is 0 Å². The van der Waals surface area contributed by atoms with Gasteiger partial charge in [0.25, 0.3) is 0 Å². The number of nitrogens with zero attached hydrogens (tertiary/aromatic N) is 2. The average molecular weight is 227 g/mol. The standard InChI is InChI=1S/C14H17N3/c1-10-5-6-12-13(8-10)15-16-14(12)11-4-3-7-17(2)9-11/h4-6,8H,3,7,9H2,1-2H3,(H,15,16). The molecule has 0 fully saturated rings. The van der Waals surface area contributed by atoms with E-state index in [1.165, 1.54) is 16.5 Å². The Morgan fingerprint density at radius 2 is 2.24 bits per heavy atom. The van der Waals surface area contributed by atoms with E-state index in [2.05, 4.69) is 53.3 Å². The van der Waals surface area contributed by atoms with Gasteiger partial charge in [-0.05, 0) is 37.6 Å². The summed E-state index contributed by atoms with van der Waals surface area (Å²) in [6.07, 6.45) is 3.43. The fourth-order valence-corrected chi connectivity index (χ4v) is 2.44. The van der Waals surface area contributed by atoms with Crippen molar-refractivity contribution < 1.29 is 0 Å². The second kappa shape index (κ2) is 4.00. The van der Waals surface area contributed by atoms with Gasteiger partial charge in [-0.15, -0.1) is 0 Å². The Balaban J connectivity index is 2.09. The first-order valence-corrected chi connectivity index (χ1v) is 6.07. The molecule has 0 saturated carbocycles. The average Bonchev–Trinajstić information content (AvgIpc) is 2.71. The van der Waals surface area contributed by atoms with E-state index in [0.717, 1.165) is 30.7 Å². The molecule has 1 aliphatic rings. The van der Waals surface area contributed by atoms with E-state index in [1.54, 1.807) is 0 Å². The Morgan fingerprint density at radius 1 is 1.35 bits per heavy atom. The quantitative estimate of drug-likeness (QED) is 0.812. The Labute approximate surface area is 101 Å². The molecule has 3 rings (SSSR count). The SMILES string of the molecule is Cc1ccc2c(C3=CCCN(C)C3)n[nH]c2c1. The van der Waals surface area contributed by atoms with Gasteiger partial charge in [-0.1, -0.05) is 18.2 Å². The third kappa shape index (κ3) is 1.87. The number of aryl methyl sites for hydroxylation is 1. The maximum absolute atomic E-state index is 4.47. The third-order valence-corrected chi connectivity index (χ3v) is 3.36. The van der Waals surface area contributed by atoms with Crippen LogP contribution < -0.4 is 0 Å². The third-order valence-electron chi connectivity index (χ3n) is 3.36. The number of hydrogen-bond donors (Lipinski definition) is 1. The normalized spacial score (nSPS) is 17.4. The predicted octanol–water partition coefficient (Wildman–Crippen LogP) is 2.59. The highest BCUT2D eigenvalue weighted by Gasteiger charge is 2.15. The van der Waals surface area contributed by atoms with Gasteiger partial charge in [0.2, 0.25) is 0 Å². The van der Waals surface area contributed by atoms with Gasteiger partial charge in [0.15, 0.2) is 0 Å². The summed E-state index contributed by atoms with van der Waals surface area (Å²) >= 11 is 0. The number of hydrogen-bond acceptors (Lipinski definition) is 2. The number of aromatic amines is 1. The number of benzene rings is 1. The van der Waals surface area contributed by atoms with Gasteiger partial charge in [0, 0.05) is 18.5 Å². The molecule has 0 amide bonds. The summed E-state index contributed by atoms with van der Waals surface area (Å²) in [6, 6.07) is 6.46. The molecule has 0 spiro atoms. The minimum Gasteiger partial charge on any atom is -0.302 e. The van der Waals surface area contributed by atoms with Crippen LogP contribution in [0.25, 0.3) is 16.5 Å². The molecule has 1 N–H and O–H groups in total. The minimum atomic E-state index is 0.994. The number of nitrogens with one attached hydrogen (secondary N) is 1. The fourth-order valence-electron chi connectivity index (χ4n) is 2.44. The highest BCUT2D eigenvalue weighted by atomic mass is 15.1. The molecule has 0 unspecified atom stereocenters. The summed E-state index contributed by atoms with van der Waals surface area (Å²) < 4.78 is 0. The van der Waals surface area contributed by atoms with Crippen molar-refractivity contribution in [3.05, 3.63) is 35.5 Å². The maximum atomic E-state index is 4.47. The van der Waals surface area contributed by atoms with Crippen LogP contribution in [0.4, 0.5) is 0 Å². The first-order valence-electron chi connectivity index (χ1n) is 6.07. The summed E-state index contributed by atoms with van der Waals surface area (Å²) in [6.45, 7) is 4.24. The van der Waals surface area contributed by atoms with Gasteiger partial charge < -0.3 is 4.90 Å². The van der Waals surface area contributed by atoms with E-state index in [9.17, 15) is 0 Å². The van der Waals surface area contributed by atoms with E-state index in [1.807, 2.05) is 0 Å². The summed E-state index contributed by atoms with van der Waals surface area (Å²) in [4.78, 5) is 2.34. The van der Waals surface area contributed by atoms with Crippen molar-refractivity contribution in [1.29, 1.82) is 0 Å². The van der Waals surface area contributed by atoms with Crippen molar-refractivity contribution in [2.75, 3.05) is 20.1 Å². The minimum absolute atomic E-state index is 0.994. The molecule has 0 atom stereocenters. The van der Waals surface area contributed by atoms with E-state index in [0.29, 0.717) is 0 Å². The van der Waals surface area contributed by atoms with Crippen LogP contribution in [0.15, 0.2) is 24.3 Å². The van der Waals surface area contributed by atoms with Crippen LogP contribution in [-0.4, -0.2) is 35.2 Å². The first kappa shape index (κ1) is 10.5. The highest BCUT2D eigenvalue weighted by Crippen LogP contribution is 2.26. The van der Waals surface area contributed by atoms with Crippen LogP contribution in [0.5, 0.6) is 0 Å². The van der Waals surface area contributed by atoms with Crippen molar-refractivity contribution in [1.82, 2.24) is 15.1 Å². The molecule has 1 aromatic carbocycles. The van der Waals surface area contributed by atoms with Gasteiger partial charge in [-0.2, -0.15) is 5.10 Å². The van der Waals surface area contributed by atoms with Crippen molar-refractivity contribution in [3.63, 3.8) is 0 Å². The summed E-state index contributed by atoms with van der Waals surface area (Å²) in [5, 5.41) is 8.84. The van der Waals surface area contributed by atoms with Gasteiger partial charge in [0.1, 0.15) is 0 Å². The molecule has 0 bridgehead atoms. The monoisotopic (exact) mass is 227 g/mol. The van der Waals surface area contributed by atoms with E-state index < -0.39 is 0 Å². The largest absolute Gasteiger partial charge is 0.302 e. The topological polar surface area (TPSA) is 31.9 Å². The first-order chi connectivity index (χ1) is 8.24. The fraction of sp³-hybridized carbons (Fsp3) is 0.357. The van der Waals surface area contributed by atoms with E-state index in [4.69, 9.17) is 0 Å². The van der Waals surface area contributed by atoms with Crippen LogP contribution in [-0.2, 0) is 0 Å². The zero-order valence-corrected chi connectivity index (χ0v) is 10.3. The summed E-state index contributed by atoms with van der Waals surface area (Å²) in [5.41, 5.74) is 4.86. The molecule has 1 aromatic heterocycles. The molecule has 3 nitrogen and oxygen atoms in total. The highest BCUT2D eigenvalue weighted by molar-refractivity contribution is 5.91. The van der Waals surface area contributed by atoms with Gasteiger partial charge in [-0.3, -0.25) is 5.10 Å². The zero-order valence-electron chi connectivity index (χ0n) is 10.3. The zero-order chi connectivity index (χ0) is 11.8. The molecule has 88 valence electrons. The van der Waals surface area contributed by atoms with Gasteiger partial charge in [0.05, 0.1) is 11.2 Å². The lowest BCUT2D eigenvalue weighted by molar-refractivity contribution is 0.372. The van der Waals surface area contributed by atoms with Crippen molar-refractivity contribution in [2.24, 2.45) is 0 Å². The number of likely N-dealkylation sites (N-methyl/N-ethyl adjacent to an activating group) is 1. The molecule has 0 saturated heterocycles. The molecule has 3 heteroatoms. The van der Waals surface area contributed by atoms with E-state index >= 15 is 0 Å². The van der Waals surface area contributed by atoms with E-state index in [-0.39, 0.29) is 0 Å². The predicted molar refractivity (Wildman–Crippen MR) is 70.9 cm³/mol. The second-order valence-electron chi connectivity index (χ2n) is 4.88. The Hall–Kier alpha value is -1.61. The van der Waals surface area contributed by atoms with Gasteiger partial charge >= 0.3 is 0 Å². The molecule has 17 heavy (non-hydrogen) atoms. The molecule has 2 aromatic rings. The maximum Gasteiger partial charge on any atom is 0.0968 e. The lowest BCUT2D eigenvalue weighted by atomic mass is 10.0. The summed E-state index contributed by atoms with van der Waals surface area (Å²) in [7, 11) is 2.16. The van der Waals surface area contributed by atoms with Crippen LogP contribution in [0.3, 0.4) is 0 Å². The van der Waals surface area contributed by atoms with Crippen LogP contribution >= 0.6 is 0 Å². The molecule has 0 aliphatic carbocycles. The van der Waals surface area contributed by atoms with Crippen molar-refractivity contribution >= 4 is 16.5 Å². The lowest BCUT2D eigenvalue weighted by Gasteiger charge is -2.21. The Morgan fingerprint density at radius 3 is 3.06 bits per heavy atom.